The maximum absolute atomic E-state index is 13.3. The molecule has 0 aliphatic heterocycles. The van der Waals surface area contributed by atoms with Crippen molar-refractivity contribution in [3.05, 3.63) is 203 Å². The number of ether oxygens (including phenoxy) is 1. The number of H-pyrrole nitrogens is 2. The number of hydrogen-bond acceptors (Lipinski definition) is 7. The highest BCUT2D eigenvalue weighted by Crippen LogP contribution is 2.28. The molecule has 8 aromatic rings. The number of aliphatic carboxylic acids is 1. The Hall–Kier alpha value is -6.84. The van der Waals surface area contributed by atoms with Crippen molar-refractivity contribution in [3.63, 3.8) is 0 Å². The molecule has 0 spiro atoms. The molecule has 0 saturated carbocycles. The van der Waals surface area contributed by atoms with E-state index in [-0.39, 0.29) is 35.7 Å². The SMILES string of the molecule is Cc1ccc(S(=O)(=O)N[C@@H](Cc2c[nH]c3ccccc23)C(=O)OCc2ccccc2)cc1.Cc1ccc(S(=O)(=O)N[C@@](Cc2ccccc2)(Cc2c[nH]c3ccccc23)C(=O)O)cc1. The number of rotatable bonds is 16. The zero-order valence-electron chi connectivity index (χ0n) is 35.2. The van der Waals surface area contributed by atoms with Crippen molar-refractivity contribution < 1.29 is 36.3 Å². The summed E-state index contributed by atoms with van der Waals surface area (Å²) < 4.78 is 63.1. The van der Waals surface area contributed by atoms with Gasteiger partial charge in [-0.25, -0.2) is 16.8 Å². The molecule has 64 heavy (non-hydrogen) atoms. The molecule has 8 rings (SSSR count). The van der Waals surface area contributed by atoms with Gasteiger partial charge in [0.15, 0.2) is 0 Å². The Kier molecular flexibility index (Phi) is 13.9. The maximum atomic E-state index is 13.3. The second kappa shape index (κ2) is 19.7. The van der Waals surface area contributed by atoms with Crippen molar-refractivity contribution in [2.75, 3.05) is 0 Å². The molecule has 2 aromatic heterocycles. The summed E-state index contributed by atoms with van der Waals surface area (Å²) in [6.07, 6.45) is 3.67. The third-order valence-corrected chi connectivity index (χ3v) is 13.9. The first kappa shape index (κ1) is 45.2. The molecule has 0 saturated heterocycles. The van der Waals surface area contributed by atoms with Crippen LogP contribution in [0.25, 0.3) is 21.8 Å². The zero-order valence-corrected chi connectivity index (χ0v) is 36.8. The monoisotopic (exact) mass is 896 g/mol. The molecule has 0 radical (unpaired) electrons. The molecule has 328 valence electrons. The summed E-state index contributed by atoms with van der Waals surface area (Å²) in [7, 11) is -8.02. The molecule has 0 bridgehead atoms. The van der Waals surface area contributed by atoms with Gasteiger partial charge in [-0.05, 0) is 72.5 Å². The van der Waals surface area contributed by atoms with Gasteiger partial charge in [-0.3, -0.25) is 9.59 Å². The van der Waals surface area contributed by atoms with E-state index in [2.05, 4.69) is 19.4 Å². The Morgan fingerprint density at radius 1 is 0.594 bits per heavy atom. The van der Waals surface area contributed by atoms with Gasteiger partial charge in [0.25, 0.3) is 0 Å². The molecule has 0 aliphatic rings. The van der Waals surface area contributed by atoms with Gasteiger partial charge in [0, 0.05) is 53.5 Å². The molecule has 0 amide bonds. The topological polar surface area (TPSA) is 188 Å². The minimum absolute atomic E-state index is 0.00618. The zero-order chi connectivity index (χ0) is 45.3. The number of carbonyl (C=O) groups is 2. The summed E-state index contributed by atoms with van der Waals surface area (Å²) in [6.45, 7) is 3.80. The van der Waals surface area contributed by atoms with Gasteiger partial charge >= 0.3 is 11.9 Å². The van der Waals surface area contributed by atoms with Gasteiger partial charge in [0.1, 0.15) is 18.2 Å². The lowest BCUT2D eigenvalue weighted by Gasteiger charge is -2.30. The number of fused-ring (bicyclic) bond motifs is 2. The van der Waals surface area contributed by atoms with Crippen molar-refractivity contribution in [2.45, 2.75) is 61.1 Å². The van der Waals surface area contributed by atoms with Crippen LogP contribution in [0, 0.1) is 13.8 Å². The van der Waals surface area contributed by atoms with Crippen LogP contribution < -0.4 is 9.44 Å². The number of nitrogens with one attached hydrogen (secondary N) is 4. The number of hydrogen-bond donors (Lipinski definition) is 5. The number of carbonyl (C=O) groups excluding carboxylic acids is 1. The van der Waals surface area contributed by atoms with Gasteiger partial charge in [0.2, 0.25) is 20.0 Å². The molecule has 5 N–H and O–H groups in total. The van der Waals surface area contributed by atoms with Crippen LogP contribution in [-0.2, 0) is 60.2 Å². The first-order valence-electron chi connectivity index (χ1n) is 20.5. The van der Waals surface area contributed by atoms with Crippen LogP contribution in [0.3, 0.4) is 0 Å². The summed E-state index contributed by atoms with van der Waals surface area (Å²) >= 11 is 0. The van der Waals surface area contributed by atoms with Crippen LogP contribution in [0.15, 0.2) is 180 Å². The van der Waals surface area contributed by atoms with Crippen molar-refractivity contribution in [1.82, 2.24) is 19.4 Å². The van der Waals surface area contributed by atoms with Crippen LogP contribution in [0.1, 0.15) is 33.4 Å². The molecule has 0 unspecified atom stereocenters. The average molecular weight is 897 g/mol. The Morgan fingerprint density at radius 2 is 1.06 bits per heavy atom. The smallest absolute Gasteiger partial charge is 0.325 e. The fourth-order valence-electron chi connectivity index (χ4n) is 7.41. The van der Waals surface area contributed by atoms with Crippen LogP contribution in [-0.4, -0.2) is 55.4 Å². The number of para-hydroxylation sites is 2. The highest BCUT2D eigenvalue weighted by atomic mass is 32.2. The number of aromatic nitrogens is 2. The Morgan fingerprint density at radius 3 is 1.61 bits per heavy atom. The maximum Gasteiger partial charge on any atom is 0.325 e. The van der Waals surface area contributed by atoms with E-state index in [0.717, 1.165) is 55.2 Å². The van der Waals surface area contributed by atoms with Gasteiger partial charge in [0.05, 0.1) is 9.79 Å². The van der Waals surface area contributed by atoms with Crippen LogP contribution in [0.5, 0.6) is 0 Å². The normalized spacial score (nSPS) is 13.1. The number of esters is 1. The number of carboxylic acids is 1. The predicted octanol–water partition coefficient (Wildman–Crippen LogP) is 8.17. The minimum atomic E-state index is -4.10. The summed E-state index contributed by atoms with van der Waals surface area (Å²) in [5.74, 6) is -1.86. The fourth-order valence-corrected chi connectivity index (χ4v) is 9.95. The Labute approximate surface area is 372 Å². The highest BCUT2D eigenvalue weighted by molar-refractivity contribution is 7.89. The van der Waals surface area contributed by atoms with Gasteiger partial charge in [-0.15, -0.1) is 0 Å². The van der Waals surface area contributed by atoms with E-state index in [0.29, 0.717) is 0 Å². The number of sulfonamides is 2. The average Bonchev–Trinajstić information content (AvgIpc) is 3.90. The van der Waals surface area contributed by atoms with E-state index >= 15 is 0 Å². The van der Waals surface area contributed by atoms with Gasteiger partial charge < -0.3 is 19.8 Å². The van der Waals surface area contributed by atoms with Gasteiger partial charge in [-0.1, -0.05) is 132 Å². The second-order valence-electron chi connectivity index (χ2n) is 15.6. The Balaban J connectivity index is 0.000000191. The summed E-state index contributed by atoms with van der Waals surface area (Å²) in [5.41, 5.74) is 4.96. The number of benzene rings is 6. The Bertz CT molecular complexity index is 3080. The summed E-state index contributed by atoms with van der Waals surface area (Å²) in [6, 6.07) is 45.3. The number of aryl methyl sites for hydroxylation is 2. The molecule has 2 atom stereocenters. The van der Waals surface area contributed by atoms with E-state index in [1.54, 1.807) is 48.8 Å². The third kappa shape index (κ3) is 11.0. The molecule has 14 heteroatoms. The standard InChI is InChI=1S/2C25H24N2O4S/c1-18-11-13-21(14-12-18)32(29,30)27-24(25(28)31-17-19-7-3-2-4-8-19)15-20-16-26-23-10-6-5-9-22(20)23;1-18-11-13-21(14-12-18)32(30,31)27-25(24(28)29,15-19-7-3-2-4-8-19)16-20-17-26-23-10-6-5-9-22(20)23/h2-14,16,24,26-27H,15,17H2,1H3;2-14,17,26-27H,15-16H2,1H3,(H,28,29)/t24-;25-/m00/s1. The molecule has 0 aliphatic carbocycles. The van der Waals surface area contributed by atoms with E-state index in [4.69, 9.17) is 4.74 Å². The van der Waals surface area contributed by atoms with Gasteiger partial charge in [-0.2, -0.15) is 9.44 Å². The minimum Gasteiger partial charge on any atom is -0.480 e. The van der Waals surface area contributed by atoms with Crippen molar-refractivity contribution in [1.29, 1.82) is 0 Å². The second-order valence-corrected chi connectivity index (χ2v) is 19.0. The fraction of sp³-hybridized carbons (Fsp3) is 0.160. The molecule has 0 fully saturated rings. The number of carboxylic acid groups (broad SMARTS) is 1. The first-order chi connectivity index (χ1) is 30.7. The molecule has 6 aromatic carbocycles. The lowest BCUT2D eigenvalue weighted by molar-refractivity contribution is -0.147. The summed E-state index contributed by atoms with van der Waals surface area (Å²) in [5, 5.41) is 12.2. The largest absolute Gasteiger partial charge is 0.480 e. The third-order valence-electron chi connectivity index (χ3n) is 10.8. The highest BCUT2D eigenvalue weighted by Gasteiger charge is 2.43. The molecule has 2 heterocycles. The predicted molar refractivity (Wildman–Crippen MR) is 248 cm³/mol. The van der Waals surface area contributed by atoms with Crippen LogP contribution >= 0.6 is 0 Å². The van der Waals surface area contributed by atoms with Crippen LogP contribution in [0.4, 0.5) is 0 Å². The van der Waals surface area contributed by atoms with E-state index in [9.17, 15) is 31.5 Å². The molecular weight excluding hydrogens is 849 g/mol. The molecular formula is C50H48N4O8S2. The van der Waals surface area contributed by atoms with E-state index in [1.165, 1.54) is 24.3 Å². The van der Waals surface area contributed by atoms with E-state index in [1.807, 2.05) is 111 Å². The lowest BCUT2D eigenvalue weighted by atomic mass is 9.85. The van der Waals surface area contributed by atoms with E-state index < -0.39 is 43.6 Å². The van der Waals surface area contributed by atoms with Crippen molar-refractivity contribution in [3.8, 4) is 0 Å². The van der Waals surface area contributed by atoms with Crippen molar-refractivity contribution >= 4 is 53.8 Å². The number of aromatic amines is 2. The van der Waals surface area contributed by atoms with Crippen LogP contribution in [0.2, 0.25) is 0 Å². The first-order valence-corrected chi connectivity index (χ1v) is 23.5. The molecule has 12 nitrogen and oxygen atoms in total. The van der Waals surface area contributed by atoms with Crippen molar-refractivity contribution in [2.24, 2.45) is 0 Å². The lowest BCUT2D eigenvalue weighted by Crippen LogP contribution is -2.57. The quantitative estimate of drug-likeness (QED) is 0.0601. The summed E-state index contributed by atoms with van der Waals surface area (Å²) in [4.78, 5) is 32.1.